The summed E-state index contributed by atoms with van der Waals surface area (Å²) in [6.07, 6.45) is 1.70. The van der Waals surface area contributed by atoms with Crippen LogP contribution >= 0.6 is 0 Å². The fourth-order valence-electron chi connectivity index (χ4n) is 2.12. The van der Waals surface area contributed by atoms with Crippen LogP contribution in [-0.2, 0) is 16.0 Å². The highest BCUT2D eigenvalue weighted by molar-refractivity contribution is 5.88. The van der Waals surface area contributed by atoms with Gasteiger partial charge in [0.15, 0.2) is 5.78 Å². The van der Waals surface area contributed by atoms with E-state index in [-0.39, 0.29) is 18.2 Å². The van der Waals surface area contributed by atoms with Crippen LogP contribution in [0.3, 0.4) is 0 Å². The predicted molar refractivity (Wildman–Crippen MR) is 67.5 cm³/mol. The van der Waals surface area contributed by atoms with E-state index in [1.54, 1.807) is 12.0 Å². The van der Waals surface area contributed by atoms with E-state index in [4.69, 9.17) is 4.74 Å². The summed E-state index contributed by atoms with van der Waals surface area (Å²) in [6, 6.07) is 7.46. The molecule has 1 fully saturated rings. The number of ketones is 1. The Morgan fingerprint density at radius 3 is 3.00 bits per heavy atom. The van der Waals surface area contributed by atoms with Crippen LogP contribution in [0.4, 0.5) is 0 Å². The van der Waals surface area contributed by atoms with E-state index >= 15 is 0 Å². The van der Waals surface area contributed by atoms with Crippen molar-refractivity contribution in [2.75, 3.05) is 20.2 Å². The summed E-state index contributed by atoms with van der Waals surface area (Å²) in [6.45, 7) is 0.956. The molecule has 2 rings (SSSR count). The maximum absolute atomic E-state index is 12.0. The number of piperidine rings is 1. The van der Waals surface area contributed by atoms with Crippen LogP contribution in [0.5, 0.6) is 5.75 Å². The lowest BCUT2D eigenvalue weighted by Gasteiger charge is -2.25. The zero-order chi connectivity index (χ0) is 13.0. The number of hydrogen-bond acceptors (Lipinski definition) is 3. The molecule has 0 N–H and O–H groups in total. The average molecular weight is 247 g/mol. The van der Waals surface area contributed by atoms with Gasteiger partial charge in [-0.25, -0.2) is 0 Å². The van der Waals surface area contributed by atoms with Crippen LogP contribution in [0, 0.1) is 0 Å². The molecule has 0 unspecified atom stereocenters. The summed E-state index contributed by atoms with van der Waals surface area (Å²) >= 11 is 0. The summed E-state index contributed by atoms with van der Waals surface area (Å²) < 4.78 is 5.12. The van der Waals surface area contributed by atoms with Crippen LogP contribution in [0.15, 0.2) is 24.3 Å². The molecule has 0 radical (unpaired) electrons. The lowest BCUT2D eigenvalue weighted by Crippen LogP contribution is -2.40. The monoisotopic (exact) mass is 247 g/mol. The Balaban J connectivity index is 1.99. The van der Waals surface area contributed by atoms with Crippen molar-refractivity contribution in [3.8, 4) is 5.75 Å². The Morgan fingerprint density at radius 1 is 1.44 bits per heavy atom. The molecule has 4 heteroatoms. The van der Waals surface area contributed by atoms with Crippen molar-refractivity contribution in [1.29, 1.82) is 0 Å². The molecule has 1 heterocycles. The number of rotatable bonds is 3. The molecule has 1 saturated heterocycles. The van der Waals surface area contributed by atoms with E-state index in [2.05, 4.69) is 0 Å². The first kappa shape index (κ1) is 12.6. The molecule has 1 aromatic rings. The lowest BCUT2D eigenvalue weighted by molar-refractivity contribution is -0.137. The number of carbonyl (C=O) groups is 2. The Morgan fingerprint density at radius 2 is 2.28 bits per heavy atom. The molecule has 0 aromatic heterocycles. The third-order valence-corrected chi connectivity index (χ3v) is 3.09. The first-order valence-electron chi connectivity index (χ1n) is 6.11. The highest BCUT2D eigenvalue weighted by Gasteiger charge is 2.21. The van der Waals surface area contributed by atoms with E-state index in [1.165, 1.54) is 0 Å². The van der Waals surface area contributed by atoms with Gasteiger partial charge in [-0.05, 0) is 24.1 Å². The molecule has 0 spiro atoms. The highest BCUT2D eigenvalue weighted by Crippen LogP contribution is 2.15. The highest BCUT2D eigenvalue weighted by atomic mass is 16.5. The zero-order valence-corrected chi connectivity index (χ0v) is 10.5. The van der Waals surface area contributed by atoms with Crippen molar-refractivity contribution in [3.05, 3.63) is 29.8 Å². The van der Waals surface area contributed by atoms with Gasteiger partial charge in [0, 0.05) is 13.0 Å². The zero-order valence-electron chi connectivity index (χ0n) is 10.5. The van der Waals surface area contributed by atoms with Gasteiger partial charge in [0.05, 0.1) is 20.1 Å². The summed E-state index contributed by atoms with van der Waals surface area (Å²) in [4.78, 5) is 25.0. The largest absolute Gasteiger partial charge is 0.497 e. The van der Waals surface area contributed by atoms with Crippen molar-refractivity contribution in [1.82, 2.24) is 4.90 Å². The molecule has 96 valence electrons. The minimum Gasteiger partial charge on any atom is -0.497 e. The van der Waals surface area contributed by atoms with Gasteiger partial charge >= 0.3 is 0 Å². The topological polar surface area (TPSA) is 46.6 Å². The van der Waals surface area contributed by atoms with E-state index in [0.29, 0.717) is 19.4 Å². The molecule has 0 saturated carbocycles. The van der Waals surface area contributed by atoms with Gasteiger partial charge in [-0.3, -0.25) is 9.59 Å². The molecule has 1 aromatic carbocycles. The van der Waals surface area contributed by atoms with E-state index in [0.717, 1.165) is 17.7 Å². The normalized spacial score (nSPS) is 15.6. The van der Waals surface area contributed by atoms with Gasteiger partial charge in [-0.2, -0.15) is 0 Å². The first-order valence-corrected chi connectivity index (χ1v) is 6.11. The number of benzene rings is 1. The second-order valence-electron chi connectivity index (χ2n) is 4.49. The van der Waals surface area contributed by atoms with Gasteiger partial charge in [-0.1, -0.05) is 12.1 Å². The van der Waals surface area contributed by atoms with E-state index < -0.39 is 0 Å². The van der Waals surface area contributed by atoms with E-state index in [9.17, 15) is 9.59 Å². The standard InChI is InChI=1S/C14H17NO3/c1-18-13-6-2-4-11(8-13)9-14(17)15-7-3-5-12(16)10-15/h2,4,6,8H,3,5,7,9-10H2,1H3. The second kappa shape index (κ2) is 5.67. The van der Waals surface area contributed by atoms with Crippen LogP contribution < -0.4 is 4.74 Å². The molecule has 18 heavy (non-hydrogen) atoms. The molecule has 0 bridgehead atoms. The van der Waals surface area contributed by atoms with Crippen LogP contribution in [0.1, 0.15) is 18.4 Å². The summed E-state index contributed by atoms with van der Waals surface area (Å²) in [5, 5.41) is 0. The maximum atomic E-state index is 12.0. The Hall–Kier alpha value is -1.84. The quantitative estimate of drug-likeness (QED) is 0.811. The summed E-state index contributed by atoms with van der Waals surface area (Å²) in [5.74, 6) is 0.909. The molecular weight excluding hydrogens is 230 g/mol. The number of nitrogens with zero attached hydrogens (tertiary/aromatic N) is 1. The van der Waals surface area contributed by atoms with Crippen LogP contribution in [0.25, 0.3) is 0 Å². The molecule has 1 aliphatic rings. The SMILES string of the molecule is COc1cccc(CC(=O)N2CCCC(=O)C2)c1. The number of ether oxygens (including phenoxy) is 1. The summed E-state index contributed by atoms with van der Waals surface area (Å²) in [5.41, 5.74) is 0.914. The third kappa shape index (κ3) is 3.09. The Bertz CT molecular complexity index is 456. The molecule has 4 nitrogen and oxygen atoms in total. The number of hydrogen-bond donors (Lipinski definition) is 0. The molecule has 0 aliphatic carbocycles. The molecular formula is C14H17NO3. The minimum absolute atomic E-state index is 0.0105. The summed E-state index contributed by atoms with van der Waals surface area (Å²) in [7, 11) is 1.60. The van der Waals surface area contributed by atoms with E-state index in [1.807, 2.05) is 24.3 Å². The molecule has 0 atom stereocenters. The average Bonchev–Trinajstić information content (AvgIpc) is 2.39. The van der Waals surface area contributed by atoms with Gasteiger partial charge in [-0.15, -0.1) is 0 Å². The fourth-order valence-corrected chi connectivity index (χ4v) is 2.12. The van der Waals surface area contributed by atoms with Gasteiger partial charge in [0.2, 0.25) is 5.91 Å². The lowest BCUT2D eigenvalue weighted by atomic mass is 10.1. The number of carbonyl (C=O) groups excluding carboxylic acids is 2. The number of likely N-dealkylation sites (tertiary alicyclic amines) is 1. The predicted octanol–water partition coefficient (Wildman–Crippen LogP) is 1.43. The number of Topliss-reactive ketones (excluding diaryl/α,β-unsaturated/α-hetero) is 1. The number of methoxy groups -OCH3 is 1. The van der Waals surface area contributed by atoms with Crippen LogP contribution in [0.2, 0.25) is 0 Å². The van der Waals surface area contributed by atoms with Crippen molar-refractivity contribution in [3.63, 3.8) is 0 Å². The van der Waals surface area contributed by atoms with Gasteiger partial charge in [0.25, 0.3) is 0 Å². The van der Waals surface area contributed by atoms with Crippen molar-refractivity contribution in [2.45, 2.75) is 19.3 Å². The fraction of sp³-hybridized carbons (Fsp3) is 0.429. The Labute approximate surface area is 107 Å². The van der Waals surface area contributed by atoms with Crippen LogP contribution in [-0.4, -0.2) is 36.8 Å². The first-order chi connectivity index (χ1) is 8.69. The molecule has 1 amide bonds. The van der Waals surface area contributed by atoms with Crippen molar-refractivity contribution >= 4 is 11.7 Å². The van der Waals surface area contributed by atoms with Crippen molar-refractivity contribution < 1.29 is 14.3 Å². The number of amides is 1. The third-order valence-electron chi connectivity index (χ3n) is 3.09. The smallest absolute Gasteiger partial charge is 0.227 e. The second-order valence-corrected chi connectivity index (χ2v) is 4.49. The van der Waals surface area contributed by atoms with Gasteiger partial charge < -0.3 is 9.64 Å². The molecule has 1 aliphatic heterocycles. The minimum atomic E-state index is 0.0105. The van der Waals surface area contributed by atoms with Crippen molar-refractivity contribution in [2.24, 2.45) is 0 Å². The van der Waals surface area contributed by atoms with Gasteiger partial charge in [0.1, 0.15) is 5.75 Å². The maximum Gasteiger partial charge on any atom is 0.227 e. The Kier molecular flexibility index (Phi) is 3.97.